The summed E-state index contributed by atoms with van der Waals surface area (Å²) in [5.41, 5.74) is 2.35. The minimum Gasteiger partial charge on any atom is -0.508 e. The molecule has 1 aromatic carbocycles. The van der Waals surface area contributed by atoms with Crippen molar-refractivity contribution >= 4 is 17.0 Å². The average molecular weight is 230 g/mol. The van der Waals surface area contributed by atoms with E-state index in [0.717, 1.165) is 25.1 Å². The lowest BCUT2D eigenvalue weighted by molar-refractivity contribution is 0.459. The minimum atomic E-state index is 0. The van der Waals surface area contributed by atoms with Gasteiger partial charge in [-0.25, -0.2) is 0 Å². The third kappa shape index (κ3) is 1.62. The Balaban J connectivity index is 0.000000720. The number of aromatic hydroxyl groups is 1. The predicted octanol–water partition coefficient (Wildman–Crippen LogP) is 1.62. The van der Waals surface area contributed by atoms with Crippen LogP contribution in [0.1, 0.15) is 11.1 Å². The Morgan fingerprint density at radius 2 is 2.17 bits per heavy atom. The highest BCUT2D eigenvalue weighted by molar-refractivity contribution is 8.93. The summed E-state index contributed by atoms with van der Waals surface area (Å²) in [4.78, 5) is 0. The molecule has 0 saturated carbocycles. The van der Waals surface area contributed by atoms with E-state index in [1.807, 2.05) is 6.07 Å². The molecule has 0 amide bonds. The third-order valence-electron chi connectivity index (χ3n) is 2.12. The van der Waals surface area contributed by atoms with Crippen LogP contribution in [0.5, 0.6) is 5.75 Å². The van der Waals surface area contributed by atoms with Crippen molar-refractivity contribution in [3.05, 3.63) is 29.3 Å². The summed E-state index contributed by atoms with van der Waals surface area (Å²) in [7, 11) is 0. The lowest BCUT2D eigenvalue weighted by atomic mass is 10.0. The van der Waals surface area contributed by atoms with E-state index in [4.69, 9.17) is 0 Å². The molecule has 0 saturated heterocycles. The molecule has 0 atom stereocenters. The molecule has 2 rings (SSSR count). The number of fused-ring (bicyclic) bond motifs is 1. The van der Waals surface area contributed by atoms with E-state index < -0.39 is 0 Å². The zero-order chi connectivity index (χ0) is 7.68. The van der Waals surface area contributed by atoms with Crippen LogP contribution in [0.15, 0.2) is 18.2 Å². The van der Waals surface area contributed by atoms with Gasteiger partial charge in [0.25, 0.3) is 0 Å². The largest absolute Gasteiger partial charge is 0.508 e. The molecule has 0 radical (unpaired) electrons. The Bertz CT molecular complexity index is 275. The Kier molecular flexibility index (Phi) is 3.12. The van der Waals surface area contributed by atoms with Crippen LogP contribution >= 0.6 is 17.0 Å². The van der Waals surface area contributed by atoms with Gasteiger partial charge in [0.15, 0.2) is 0 Å². The maximum atomic E-state index is 9.42. The average Bonchev–Trinajstić information content (AvgIpc) is 2.06. The second kappa shape index (κ2) is 3.92. The molecule has 0 spiro atoms. The van der Waals surface area contributed by atoms with E-state index in [-0.39, 0.29) is 17.0 Å². The molecule has 66 valence electrons. The van der Waals surface area contributed by atoms with E-state index >= 15 is 0 Å². The highest BCUT2D eigenvalue weighted by Crippen LogP contribution is 2.22. The van der Waals surface area contributed by atoms with Crippen molar-refractivity contribution in [2.75, 3.05) is 6.54 Å². The zero-order valence-corrected chi connectivity index (χ0v) is 8.42. The third-order valence-corrected chi connectivity index (χ3v) is 2.12. The lowest BCUT2D eigenvalue weighted by Crippen LogP contribution is -2.23. The van der Waals surface area contributed by atoms with Gasteiger partial charge in [0.1, 0.15) is 5.75 Å². The molecular weight excluding hydrogens is 218 g/mol. The van der Waals surface area contributed by atoms with Crippen molar-refractivity contribution in [1.29, 1.82) is 0 Å². The van der Waals surface area contributed by atoms with Gasteiger partial charge in [0.05, 0.1) is 0 Å². The Morgan fingerprint density at radius 3 is 2.92 bits per heavy atom. The fourth-order valence-electron chi connectivity index (χ4n) is 1.50. The van der Waals surface area contributed by atoms with Crippen molar-refractivity contribution in [2.45, 2.75) is 13.0 Å². The number of phenolic OH excluding ortho intramolecular Hbond substituents is 1. The Hall–Kier alpha value is -0.540. The first-order chi connectivity index (χ1) is 5.38. The van der Waals surface area contributed by atoms with Crippen molar-refractivity contribution in [2.24, 2.45) is 0 Å². The molecule has 1 aliphatic heterocycles. The molecule has 0 aromatic heterocycles. The first-order valence-corrected chi connectivity index (χ1v) is 3.88. The summed E-state index contributed by atoms with van der Waals surface area (Å²) in [5.74, 6) is 0.426. The van der Waals surface area contributed by atoms with Crippen LogP contribution in [0, 0.1) is 0 Å². The predicted molar refractivity (Wildman–Crippen MR) is 53.8 cm³/mol. The first-order valence-electron chi connectivity index (χ1n) is 3.88. The summed E-state index contributed by atoms with van der Waals surface area (Å²) in [5, 5.41) is 12.6. The van der Waals surface area contributed by atoms with Gasteiger partial charge in [0.2, 0.25) is 0 Å². The monoisotopic (exact) mass is 229 g/mol. The molecule has 0 aliphatic carbocycles. The smallest absolute Gasteiger partial charge is 0.120 e. The summed E-state index contributed by atoms with van der Waals surface area (Å²) < 4.78 is 0. The van der Waals surface area contributed by atoms with Gasteiger partial charge in [-0.1, -0.05) is 12.1 Å². The van der Waals surface area contributed by atoms with Crippen LogP contribution in [0.25, 0.3) is 0 Å². The van der Waals surface area contributed by atoms with Crippen molar-refractivity contribution in [3.63, 3.8) is 0 Å². The van der Waals surface area contributed by atoms with Crippen molar-refractivity contribution in [3.8, 4) is 5.75 Å². The van der Waals surface area contributed by atoms with Crippen molar-refractivity contribution < 1.29 is 5.11 Å². The molecule has 0 fully saturated rings. The maximum Gasteiger partial charge on any atom is 0.120 e. The molecule has 0 bridgehead atoms. The number of benzene rings is 1. The van der Waals surface area contributed by atoms with Gasteiger partial charge in [-0.05, 0) is 24.6 Å². The molecule has 2 nitrogen and oxygen atoms in total. The second-order valence-electron chi connectivity index (χ2n) is 2.84. The van der Waals surface area contributed by atoms with Gasteiger partial charge in [-0.15, -0.1) is 17.0 Å². The lowest BCUT2D eigenvalue weighted by Gasteiger charge is -2.17. The first kappa shape index (κ1) is 9.55. The molecule has 3 heteroatoms. The van der Waals surface area contributed by atoms with Crippen LogP contribution in [0.3, 0.4) is 0 Å². The van der Waals surface area contributed by atoms with E-state index in [2.05, 4.69) is 11.4 Å². The summed E-state index contributed by atoms with van der Waals surface area (Å²) in [6.45, 7) is 1.83. The summed E-state index contributed by atoms with van der Waals surface area (Å²) in [6.07, 6.45) is 1.03. The number of hydrogen-bond acceptors (Lipinski definition) is 2. The van der Waals surface area contributed by atoms with Gasteiger partial charge in [-0.2, -0.15) is 0 Å². The van der Waals surface area contributed by atoms with Gasteiger partial charge in [-0.3, -0.25) is 0 Å². The van der Waals surface area contributed by atoms with Crippen LogP contribution in [0.4, 0.5) is 0 Å². The fraction of sp³-hybridized carbons (Fsp3) is 0.333. The topological polar surface area (TPSA) is 32.3 Å². The molecule has 0 unspecified atom stereocenters. The van der Waals surface area contributed by atoms with Crippen LogP contribution in [-0.2, 0) is 13.0 Å². The van der Waals surface area contributed by atoms with Gasteiger partial charge < -0.3 is 10.4 Å². The standard InChI is InChI=1S/C9H11NO.BrH/c11-9-3-1-2-7-4-5-10-6-8(7)9;/h1-3,10-11H,4-6H2;1H. The number of hydrogen-bond donors (Lipinski definition) is 2. The van der Waals surface area contributed by atoms with Gasteiger partial charge >= 0.3 is 0 Å². The Labute approximate surface area is 82.4 Å². The SMILES string of the molecule is Br.Oc1cccc2c1CNCC2. The summed E-state index contributed by atoms with van der Waals surface area (Å²) in [6, 6.07) is 5.72. The normalized spacial score (nSPS) is 14.7. The molecule has 1 aromatic rings. The summed E-state index contributed by atoms with van der Waals surface area (Å²) >= 11 is 0. The van der Waals surface area contributed by atoms with E-state index in [9.17, 15) is 5.11 Å². The van der Waals surface area contributed by atoms with Crippen LogP contribution in [-0.4, -0.2) is 11.7 Å². The maximum absolute atomic E-state index is 9.42. The highest BCUT2D eigenvalue weighted by atomic mass is 79.9. The van der Waals surface area contributed by atoms with E-state index in [0.29, 0.717) is 5.75 Å². The zero-order valence-electron chi connectivity index (χ0n) is 6.71. The number of nitrogens with one attached hydrogen (secondary N) is 1. The van der Waals surface area contributed by atoms with Crippen LogP contribution < -0.4 is 5.32 Å². The Morgan fingerprint density at radius 1 is 1.33 bits per heavy atom. The van der Waals surface area contributed by atoms with Crippen molar-refractivity contribution in [1.82, 2.24) is 5.32 Å². The molecule has 1 aliphatic rings. The van der Waals surface area contributed by atoms with Gasteiger partial charge in [0, 0.05) is 12.1 Å². The molecular formula is C9H12BrNO. The van der Waals surface area contributed by atoms with E-state index in [1.165, 1.54) is 5.56 Å². The molecule has 12 heavy (non-hydrogen) atoms. The number of halogens is 1. The molecule has 1 heterocycles. The van der Waals surface area contributed by atoms with Crippen LogP contribution in [0.2, 0.25) is 0 Å². The fourth-order valence-corrected chi connectivity index (χ4v) is 1.50. The number of rotatable bonds is 0. The minimum absolute atomic E-state index is 0. The second-order valence-corrected chi connectivity index (χ2v) is 2.84. The quantitative estimate of drug-likeness (QED) is 0.709. The number of phenols is 1. The molecule has 2 N–H and O–H groups in total. The highest BCUT2D eigenvalue weighted by Gasteiger charge is 2.10. The van der Waals surface area contributed by atoms with E-state index in [1.54, 1.807) is 6.07 Å².